The van der Waals surface area contributed by atoms with E-state index in [0.29, 0.717) is 11.4 Å². The van der Waals surface area contributed by atoms with E-state index in [4.69, 9.17) is 21.8 Å². The van der Waals surface area contributed by atoms with Crippen molar-refractivity contribution in [1.82, 2.24) is 19.6 Å². The van der Waals surface area contributed by atoms with Crippen LogP contribution in [0.2, 0.25) is 5.02 Å². The molecule has 1 N–H and O–H groups in total. The van der Waals surface area contributed by atoms with Gasteiger partial charge in [-0.15, -0.1) is 0 Å². The van der Waals surface area contributed by atoms with E-state index in [-0.39, 0.29) is 0 Å². The van der Waals surface area contributed by atoms with E-state index in [1.54, 1.807) is 0 Å². The van der Waals surface area contributed by atoms with Gasteiger partial charge in [-0.1, -0.05) is 35.9 Å². The molecular formula is C20H20ClN5. The lowest BCUT2D eigenvalue weighted by molar-refractivity contribution is 0.230. The molecule has 0 bridgehead atoms. The van der Waals surface area contributed by atoms with Crippen LogP contribution in [-0.2, 0) is 13.0 Å². The van der Waals surface area contributed by atoms with Crippen LogP contribution in [-0.4, -0.2) is 40.5 Å². The molecule has 0 atom stereocenters. The van der Waals surface area contributed by atoms with Gasteiger partial charge in [0, 0.05) is 44.5 Å². The number of hydrogen-bond donors (Lipinski definition) is 1. The van der Waals surface area contributed by atoms with Gasteiger partial charge in [0.15, 0.2) is 0 Å². The van der Waals surface area contributed by atoms with Crippen molar-refractivity contribution >= 4 is 17.2 Å². The molecule has 0 amide bonds. The summed E-state index contributed by atoms with van der Waals surface area (Å²) in [6.07, 6.45) is 2.36. The third-order valence-electron chi connectivity index (χ3n) is 4.77. The maximum absolute atomic E-state index is 8.86. The molecule has 2 aromatic heterocycles. The van der Waals surface area contributed by atoms with Gasteiger partial charge >= 0.3 is 0 Å². The van der Waals surface area contributed by atoms with Crippen LogP contribution in [0.1, 0.15) is 11.3 Å². The standard InChI is InChI=1S/C20H20ClN5/c21-17-5-6-19-24-20(16-3-1-15(2-4-16)7-8-22)18(26(19)13-17)14-25-11-9-23-10-12-25/h1-6,13,23H,7,9-12,14H2. The highest BCUT2D eigenvalue weighted by atomic mass is 35.5. The zero-order valence-electron chi connectivity index (χ0n) is 14.5. The summed E-state index contributed by atoms with van der Waals surface area (Å²) in [4.78, 5) is 7.30. The fourth-order valence-corrected chi connectivity index (χ4v) is 3.56. The Bertz CT molecular complexity index is 949. The molecule has 0 aliphatic carbocycles. The molecule has 0 saturated carbocycles. The SMILES string of the molecule is N#CCc1ccc(-c2nc3ccc(Cl)cn3c2CN2CCNCC2)cc1. The number of imidazole rings is 1. The highest BCUT2D eigenvalue weighted by Gasteiger charge is 2.18. The Morgan fingerprint density at radius 3 is 2.62 bits per heavy atom. The molecule has 5 nitrogen and oxygen atoms in total. The lowest BCUT2D eigenvalue weighted by Gasteiger charge is -2.27. The molecule has 3 heterocycles. The van der Waals surface area contributed by atoms with Crippen LogP contribution in [0.15, 0.2) is 42.6 Å². The number of hydrogen-bond acceptors (Lipinski definition) is 4. The number of benzene rings is 1. The smallest absolute Gasteiger partial charge is 0.137 e. The van der Waals surface area contributed by atoms with E-state index >= 15 is 0 Å². The number of halogens is 1. The normalized spacial score (nSPS) is 15.2. The van der Waals surface area contributed by atoms with Gasteiger partial charge in [-0.05, 0) is 17.7 Å². The van der Waals surface area contributed by atoms with Crippen LogP contribution in [0.4, 0.5) is 0 Å². The summed E-state index contributed by atoms with van der Waals surface area (Å²) in [6, 6.07) is 14.1. The van der Waals surface area contributed by atoms with Gasteiger partial charge in [-0.25, -0.2) is 4.98 Å². The number of nitriles is 1. The topological polar surface area (TPSA) is 56.4 Å². The van der Waals surface area contributed by atoms with Crippen molar-refractivity contribution in [3.63, 3.8) is 0 Å². The number of nitrogens with one attached hydrogen (secondary N) is 1. The number of nitrogens with zero attached hydrogens (tertiary/aromatic N) is 4. The number of piperazine rings is 1. The fourth-order valence-electron chi connectivity index (χ4n) is 3.40. The largest absolute Gasteiger partial charge is 0.314 e. The molecule has 0 spiro atoms. The highest BCUT2D eigenvalue weighted by molar-refractivity contribution is 6.30. The molecule has 1 saturated heterocycles. The van der Waals surface area contributed by atoms with E-state index in [1.807, 2.05) is 30.5 Å². The Morgan fingerprint density at radius 2 is 1.88 bits per heavy atom. The predicted molar refractivity (Wildman–Crippen MR) is 103 cm³/mol. The number of fused-ring (bicyclic) bond motifs is 1. The summed E-state index contributed by atoms with van der Waals surface area (Å²) >= 11 is 6.24. The molecule has 6 heteroatoms. The van der Waals surface area contributed by atoms with Crippen LogP contribution in [0.25, 0.3) is 16.9 Å². The summed E-state index contributed by atoms with van der Waals surface area (Å²) in [5, 5.41) is 13.0. The molecule has 1 fully saturated rings. The van der Waals surface area contributed by atoms with Gasteiger partial charge in [-0.3, -0.25) is 4.90 Å². The van der Waals surface area contributed by atoms with Crippen molar-refractivity contribution in [2.75, 3.05) is 26.2 Å². The molecule has 4 rings (SSSR count). The first-order chi connectivity index (χ1) is 12.7. The first-order valence-electron chi connectivity index (χ1n) is 8.80. The molecule has 1 aromatic carbocycles. The Hall–Kier alpha value is -2.39. The number of aromatic nitrogens is 2. The zero-order chi connectivity index (χ0) is 17.9. The van der Waals surface area contributed by atoms with E-state index in [0.717, 1.165) is 60.9 Å². The number of rotatable bonds is 4. The Kier molecular flexibility index (Phi) is 4.89. The van der Waals surface area contributed by atoms with Crippen molar-refractivity contribution in [2.24, 2.45) is 0 Å². The summed E-state index contributed by atoms with van der Waals surface area (Å²) in [7, 11) is 0. The second kappa shape index (κ2) is 7.46. The molecule has 132 valence electrons. The average Bonchev–Trinajstić information content (AvgIpc) is 3.01. The first-order valence-corrected chi connectivity index (χ1v) is 9.18. The monoisotopic (exact) mass is 365 g/mol. The van der Waals surface area contributed by atoms with Crippen molar-refractivity contribution in [1.29, 1.82) is 5.26 Å². The molecular weight excluding hydrogens is 346 g/mol. The minimum atomic E-state index is 0.425. The Balaban J connectivity index is 1.77. The average molecular weight is 366 g/mol. The Labute approximate surface area is 157 Å². The lowest BCUT2D eigenvalue weighted by atomic mass is 10.1. The van der Waals surface area contributed by atoms with Gasteiger partial charge in [0.05, 0.1) is 28.9 Å². The third kappa shape index (κ3) is 3.45. The first kappa shape index (κ1) is 17.0. The highest BCUT2D eigenvalue weighted by Crippen LogP contribution is 2.27. The minimum absolute atomic E-state index is 0.425. The Morgan fingerprint density at radius 1 is 1.12 bits per heavy atom. The van der Waals surface area contributed by atoms with Crippen LogP contribution < -0.4 is 5.32 Å². The third-order valence-corrected chi connectivity index (χ3v) is 5.00. The van der Waals surface area contributed by atoms with E-state index in [1.165, 1.54) is 0 Å². The number of pyridine rings is 1. The maximum atomic E-state index is 8.86. The molecule has 26 heavy (non-hydrogen) atoms. The van der Waals surface area contributed by atoms with Gasteiger partial charge < -0.3 is 9.72 Å². The molecule has 3 aromatic rings. The second-order valence-electron chi connectivity index (χ2n) is 6.54. The van der Waals surface area contributed by atoms with E-state index in [2.05, 4.69) is 32.8 Å². The summed E-state index contributed by atoms with van der Waals surface area (Å²) in [5.41, 5.74) is 5.12. The van der Waals surface area contributed by atoms with Crippen molar-refractivity contribution in [2.45, 2.75) is 13.0 Å². The predicted octanol–water partition coefficient (Wildman–Crippen LogP) is 3.13. The molecule has 1 aliphatic rings. The fraction of sp³-hybridized carbons (Fsp3) is 0.300. The summed E-state index contributed by atoms with van der Waals surface area (Å²) in [5.74, 6) is 0. The molecule has 0 unspecified atom stereocenters. The molecule has 1 aliphatic heterocycles. The van der Waals surface area contributed by atoms with Gasteiger partial charge in [0.25, 0.3) is 0 Å². The summed E-state index contributed by atoms with van der Waals surface area (Å²) in [6.45, 7) is 4.90. The van der Waals surface area contributed by atoms with Gasteiger partial charge in [0.2, 0.25) is 0 Å². The lowest BCUT2D eigenvalue weighted by Crippen LogP contribution is -2.43. The van der Waals surface area contributed by atoms with Crippen LogP contribution in [0.5, 0.6) is 0 Å². The summed E-state index contributed by atoms with van der Waals surface area (Å²) < 4.78 is 2.10. The quantitative estimate of drug-likeness (QED) is 0.771. The van der Waals surface area contributed by atoms with E-state index < -0.39 is 0 Å². The minimum Gasteiger partial charge on any atom is -0.314 e. The van der Waals surface area contributed by atoms with Crippen LogP contribution in [0, 0.1) is 11.3 Å². The zero-order valence-corrected chi connectivity index (χ0v) is 15.2. The molecule has 0 radical (unpaired) electrons. The van der Waals surface area contributed by atoms with Crippen LogP contribution in [0.3, 0.4) is 0 Å². The maximum Gasteiger partial charge on any atom is 0.137 e. The van der Waals surface area contributed by atoms with Gasteiger partial charge in [-0.2, -0.15) is 5.26 Å². The van der Waals surface area contributed by atoms with Crippen LogP contribution >= 0.6 is 11.6 Å². The second-order valence-corrected chi connectivity index (χ2v) is 6.98. The van der Waals surface area contributed by atoms with Crippen molar-refractivity contribution in [3.8, 4) is 17.3 Å². The van der Waals surface area contributed by atoms with Crippen molar-refractivity contribution in [3.05, 3.63) is 58.9 Å². The van der Waals surface area contributed by atoms with Gasteiger partial charge in [0.1, 0.15) is 5.65 Å². The van der Waals surface area contributed by atoms with E-state index in [9.17, 15) is 0 Å². The van der Waals surface area contributed by atoms with Crippen molar-refractivity contribution < 1.29 is 0 Å².